The van der Waals surface area contributed by atoms with Crippen molar-refractivity contribution in [1.82, 2.24) is 4.98 Å². The largest absolute Gasteiger partial charge is 0.465 e. The van der Waals surface area contributed by atoms with Gasteiger partial charge < -0.3 is 14.9 Å². The molecule has 2 aromatic carbocycles. The van der Waals surface area contributed by atoms with Gasteiger partial charge in [0.05, 0.1) is 12.7 Å². The van der Waals surface area contributed by atoms with Gasteiger partial charge in [-0.15, -0.1) is 0 Å². The first kappa shape index (κ1) is 12.2. The smallest absolute Gasteiger partial charge is 0.337 e. The van der Waals surface area contributed by atoms with Crippen molar-refractivity contribution >= 4 is 22.8 Å². The molecular weight excluding hydrogens is 256 g/mol. The van der Waals surface area contributed by atoms with Crippen LogP contribution in [0.4, 0.5) is 5.69 Å². The number of ether oxygens (including phenoxy) is 1. The number of hydrogen-bond acceptors (Lipinski definition) is 5. The maximum atomic E-state index is 11.5. The number of oxazole rings is 1. The number of hydrogen-bond donors (Lipinski definition) is 1. The van der Waals surface area contributed by atoms with Crippen molar-refractivity contribution in [2.24, 2.45) is 0 Å². The van der Waals surface area contributed by atoms with Crippen molar-refractivity contribution < 1.29 is 13.9 Å². The minimum absolute atomic E-state index is 0.396. The lowest BCUT2D eigenvalue weighted by atomic mass is 10.1. The fourth-order valence-corrected chi connectivity index (χ4v) is 1.96. The van der Waals surface area contributed by atoms with Gasteiger partial charge in [0, 0.05) is 17.3 Å². The highest BCUT2D eigenvalue weighted by molar-refractivity contribution is 5.90. The predicted octanol–water partition coefficient (Wildman–Crippen LogP) is 2.86. The molecule has 0 amide bonds. The first-order valence-electron chi connectivity index (χ1n) is 6.02. The summed E-state index contributed by atoms with van der Waals surface area (Å²) < 4.78 is 10.4. The van der Waals surface area contributed by atoms with Crippen LogP contribution in [0.5, 0.6) is 0 Å². The van der Waals surface area contributed by atoms with E-state index in [0.717, 1.165) is 5.52 Å². The summed E-state index contributed by atoms with van der Waals surface area (Å²) in [6, 6.07) is 12.2. The highest BCUT2D eigenvalue weighted by Crippen LogP contribution is 2.26. The van der Waals surface area contributed by atoms with Gasteiger partial charge in [-0.2, -0.15) is 0 Å². The molecule has 0 unspecified atom stereocenters. The van der Waals surface area contributed by atoms with E-state index < -0.39 is 5.97 Å². The third-order valence-electron chi connectivity index (χ3n) is 2.94. The molecule has 5 nitrogen and oxygen atoms in total. The highest BCUT2D eigenvalue weighted by Gasteiger charge is 2.11. The van der Waals surface area contributed by atoms with Crippen molar-refractivity contribution in [3.8, 4) is 11.5 Å². The van der Waals surface area contributed by atoms with E-state index in [-0.39, 0.29) is 0 Å². The van der Waals surface area contributed by atoms with Gasteiger partial charge in [0.25, 0.3) is 0 Å². The van der Waals surface area contributed by atoms with Gasteiger partial charge in [-0.3, -0.25) is 0 Å². The minimum Gasteiger partial charge on any atom is -0.465 e. The Hall–Kier alpha value is -2.82. The summed E-state index contributed by atoms with van der Waals surface area (Å²) in [6.07, 6.45) is 0. The molecular formula is C15H12N2O3. The molecule has 0 spiro atoms. The maximum absolute atomic E-state index is 11.5. The minimum atomic E-state index is -0.396. The summed E-state index contributed by atoms with van der Waals surface area (Å²) in [6.45, 7) is 0. The second kappa shape index (κ2) is 4.70. The second-order valence-corrected chi connectivity index (χ2v) is 4.32. The third kappa shape index (κ3) is 2.09. The van der Waals surface area contributed by atoms with Gasteiger partial charge >= 0.3 is 5.97 Å². The van der Waals surface area contributed by atoms with E-state index in [1.54, 1.807) is 36.4 Å². The maximum Gasteiger partial charge on any atom is 0.337 e. The summed E-state index contributed by atoms with van der Waals surface area (Å²) >= 11 is 0. The molecule has 0 aliphatic carbocycles. The van der Waals surface area contributed by atoms with Crippen molar-refractivity contribution in [1.29, 1.82) is 0 Å². The van der Waals surface area contributed by atoms with Crippen LogP contribution in [0.15, 0.2) is 46.9 Å². The molecule has 0 aliphatic heterocycles. The van der Waals surface area contributed by atoms with E-state index in [2.05, 4.69) is 4.98 Å². The molecule has 1 aromatic heterocycles. The van der Waals surface area contributed by atoms with Crippen LogP contribution >= 0.6 is 0 Å². The molecule has 0 atom stereocenters. The van der Waals surface area contributed by atoms with Crippen LogP contribution in [-0.2, 0) is 4.74 Å². The number of aromatic nitrogens is 1. The van der Waals surface area contributed by atoms with Gasteiger partial charge in [-0.1, -0.05) is 6.07 Å². The van der Waals surface area contributed by atoms with Crippen molar-refractivity contribution in [2.75, 3.05) is 12.8 Å². The summed E-state index contributed by atoms with van der Waals surface area (Å²) in [4.78, 5) is 15.9. The molecule has 20 heavy (non-hydrogen) atoms. The van der Waals surface area contributed by atoms with Crippen LogP contribution in [0.1, 0.15) is 10.4 Å². The molecule has 2 N–H and O–H groups in total. The van der Waals surface area contributed by atoms with Gasteiger partial charge in [-0.05, 0) is 30.3 Å². The number of anilines is 1. The molecule has 0 radical (unpaired) electrons. The van der Waals surface area contributed by atoms with Crippen LogP contribution in [0.3, 0.4) is 0 Å². The number of nitrogen functional groups attached to an aromatic ring is 1. The Morgan fingerprint density at radius 1 is 1.25 bits per heavy atom. The zero-order valence-electron chi connectivity index (χ0n) is 10.8. The molecule has 0 fully saturated rings. The van der Waals surface area contributed by atoms with Crippen molar-refractivity contribution in [2.45, 2.75) is 0 Å². The Bertz CT molecular complexity index is 793. The summed E-state index contributed by atoms with van der Waals surface area (Å²) in [5, 5.41) is 0. The van der Waals surface area contributed by atoms with Crippen molar-refractivity contribution in [3.63, 3.8) is 0 Å². The molecule has 0 saturated heterocycles. The Labute approximate surface area is 115 Å². The van der Waals surface area contributed by atoms with E-state index >= 15 is 0 Å². The number of benzene rings is 2. The van der Waals surface area contributed by atoms with Gasteiger partial charge in [0.15, 0.2) is 5.58 Å². The van der Waals surface area contributed by atoms with Crippen LogP contribution in [-0.4, -0.2) is 18.1 Å². The molecule has 3 aromatic rings. The first-order valence-corrected chi connectivity index (χ1v) is 6.02. The van der Waals surface area contributed by atoms with Crippen LogP contribution in [0.2, 0.25) is 0 Å². The Balaban J connectivity index is 2.08. The van der Waals surface area contributed by atoms with Crippen molar-refractivity contribution in [3.05, 3.63) is 48.0 Å². The van der Waals surface area contributed by atoms with Gasteiger partial charge in [0.1, 0.15) is 5.52 Å². The fourth-order valence-electron chi connectivity index (χ4n) is 1.96. The standard InChI is InChI=1S/C15H12N2O3/c1-19-15(18)10-4-2-3-9(7-10)14-17-12-6-5-11(16)8-13(12)20-14/h2-8H,16H2,1H3. The molecule has 0 bridgehead atoms. The number of carbonyl (C=O) groups excluding carboxylic acids is 1. The van der Waals surface area contributed by atoms with Crippen LogP contribution in [0, 0.1) is 0 Å². The predicted molar refractivity (Wildman–Crippen MR) is 75.2 cm³/mol. The van der Waals surface area contributed by atoms with E-state index in [1.807, 2.05) is 6.07 Å². The highest BCUT2D eigenvalue weighted by atomic mass is 16.5. The number of nitrogens with two attached hydrogens (primary N) is 1. The van der Waals surface area contributed by atoms with Crippen LogP contribution < -0.4 is 5.73 Å². The molecule has 0 saturated carbocycles. The number of carbonyl (C=O) groups is 1. The van der Waals surface area contributed by atoms with Gasteiger partial charge in [0.2, 0.25) is 5.89 Å². The second-order valence-electron chi connectivity index (χ2n) is 4.32. The molecule has 3 rings (SSSR count). The number of nitrogens with zero attached hydrogens (tertiary/aromatic N) is 1. The number of rotatable bonds is 2. The van der Waals surface area contributed by atoms with E-state index in [0.29, 0.717) is 28.3 Å². The number of esters is 1. The molecule has 0 aliphatic rings. The number of fused-ring (bicyclic) bond motifs is 1. The third-order valence-corrected chi connectivity index (χ3v) is 2.94. The molecule has 5 heteroatoms. The van der Waals surface area contributed by atoms with E-state index in [9.17, 15) is 4.79 Å². The Morgan fingerprint density at radius 3 is 2.90 bits per heavy atom. The summed E-state index contributed by atoms with van der Waals surface area (Å²) in [7, 11) is 1.34. The van der Waals surface area contributed by atoms with Crippen LogP contribution in [0.25, 0.3) is 22.6 Å². The monoisotopic (exact) mass is 268 g/mol. The normalized spacial score (nSPS) is 10.7. The zero-order chi connectivity index (χ0) is 14.1. The lowest BCUT2D eigenvalue weighted by Crippen LogP contribution is -2.00. The average molecular weight is 268 g/mol. The number of methoxy groups -OCH3 is 1. The van der Waals surface area contributed by atoms with Gasteiger partial charge in [-0.25, -0.2) is 9.78 Å². The zero-order valence-corrected chi connectivity index (χ0v) is 10.8. The Kier molecular flexibility index (Phi) is 2.87. The quantitative estimate of drug-likeness (QED) is 0.571. The summed E-state index contributed by atoms with van der Waals surface area (Å²) in [5.74, 6) is 0.0450. The summed E-state index contributed by atoms with van der Waals surface area (Å²) in [5.41, 5.74) is 8.81. The lowest BCUT2D eigenvalue weighted by molar-refractivity contribution is 0.0601. The first-order chi connectivity index (χ1) is 9.67. The SMILES string of the molecule is COC(=O)c1cccc(-c2nc3ccc(N)cc3o2)c1. The van der Waals surface area contributed by atoms with E-state index in [4.69, 9.17) is 14.9 Å². The fraction of sp³-hybridized carbons (Fsp3) is 0.0667. The van der Waals surface area contributed by atoms with E-state index in [1.165, 1.54) is 7.11 Å². The molecule has 1 heterocycles. The lowest BCUT2D eigenvalue weighted by Gasteiger charge is -2.00. The molecule has 100 valence electrons. The topological polar surface area (TPSA) is 78.3 Å². The average Bonchev–Trinajstić information content (AvgIpc) is 2.89. The Morgan fingerprint density at radius 2 is 2.10 bits per heavy atom.